The molecule has 8 heteroatoms. The molecule has 128 valence electrons. The molecular weight excluding hydrogens is 341 g/mol. The lowest BCUT2D eigenvalue weighted by atomic mass is 10.2. The molecular formula is C16H15F3N2O2S. The summed E-state index contributed by atoms with van der Waals surface area (Å²) in [5, 5.41) is 0. The van der Waals surface area contributed by atoms with E-state index in [2.05, 4.69) is 0 Å². The number of nitrogens with one attached hydrogen (secondary N) is 2. The maximum Gasteiger partial charge on any atom is 0.432 e. The zero-order valence-corrected chi connectivity index (χ0v) is 13.4. The first-order valence-electron chi connectivity index (χ1n) is 6.87. The van der Waals surface area contributed by atoms with Gasteiger partial charge in [-0.1, -0.05) is 48.0 Å². The van der Waals surface area contributed by atoms with Crippen LogP contribution in [0.3, 0.4) is 0 Å². The van der Waals surface area contributed by atoms with E-state index in [1.807, 2.05) is 0 Å². The Balaban J connectivity index is 2.22. The molecule has 2 aromatic rings. The van der Waals surface area contributed by atoms with Crippen molar-refractivity contribution in [1.82, 2.24) is 10.3 Å². The summed E-state index contributed by atoms with van der Waals surface area (Å²) in [6, 6.07) is 13.5. The Bertz CT molecular complexity index is 815. The van der Waals surface area contributed by atoms with Crippen LogP contribution in [-0.4, -0.2) is 14.6 Å². The largest absolute Gasteiger partial charge is 0.432 e. The SMILES string of the molecule is Cc1ccc(S(=O)(=O)NNC(=Cc2ccccc2)C(F)(F)F)cc1. The van der Waals surface area contributed by atoms with Gasteiger partial charge in [-0.15, -0.1) is 4.83 Å². The van der Waals surface area contributed by atoms with Gasteiger partial charge in [-0.3, -0.25) is 0 Å². The fraction of sp³-hybridized carbons (Fsp3) is 0.125. The van der Waals surface area contributed by atoms with Crippen molar-refractivity contribution in [2.45, 2.75) is 18.0 Å². The van der Waals surface area contributed by atoms with Crippen molar-refractivity contribution in [3.05, 3.63) is 71.4 Å². The standard InChI is InChI=1S/C16H15F3N2O2S/c1-12-7-9-14(10-8-12)24(22,23)21-20-15(16(17,18)19)11-13-5-3-2-4-6-13/h2-11,20-21H,1H3. The first kappa shape index (κ1) is 18.0. The van der Waals surface area contributed by atoms with E-state index < -0.39 is 21.9 Å². The number of benzene rings is 2. The van der Waals surface area contributed by atoms with Crippen LogP contribution in [-0.2, 0) is 10.0 Å². The summed E-state index contributed by atoms with van der Waals surface area (Å²) in [5.41, 5.74) is 1.66. The van der Waals surface area contributed by atoms with Crippen molar-refractivity contribution < 1.29 is 21.6 Å². The van der Waals surface area contributed by atoms with E-state index in [1.54, 1.807) is 47.5 Å². The Morgan fingerprint density at radius 1 is 1.00 bits per heavy atom. The molecule has 0 atom stereocenters. The fourth-order valence-corrected chi connectivity index (χ4v) is 2.66. The summed E-state index contributed by atoms with van der Waals surface area (Å²) in [6.07, 6.45) is -3.93. The van der Waals surface area contributed by atoms with Crippen LogP contribution in [0.2, 0.25) is 0 Å². The van der Waals surface area contributed by atoms with Crippen molar-refractivity contribution in [3.63, 3.8) is 0 Å². The van der Waals surface area contributed by atoms with Crippen LogP contribution in [0.5, 0.6) is 0 Å². The van der Waals surface area contributed by atoms with Gasteiger partial charge in [0.15, 0.2) is 0 Å². The Morgan fingerprint density at radius 3 is 2.12 bits per heavy atom. The molecule has 2 rings (SSSR count). The predicted octanol–water partition coefficient (Wildman–Crippen LogP) is 3.38. The third-order valence-corrected chi connectivity index (χ3v) is 4.33. The number of aryl methyl sites for hydroxylation is 1. The molecule has 0 radical (unpaired) electrons. The lowest BCUT2D eigenvalue weighted by molar-refractivity contribution is -0.0962. The van der Waals surface area contributed by atoms with E-state index in [9.17, 15) is 21.6 Å². The number of hydrazine groups is 1. The molecule has 0 bridgehead atoms. The number of hydrogen-bond donors (Lipinski definition) is 2. The van der Waals surface area contributed by atoms with Crippen LogP contribution in [0.25, 0.3) is 6.08 Å². The van der Waals surface area contributed by atoms with Crippen molar-refractivity contribution in [2.24, 2.45) is 0 Å². The lowest BCUT2D eigenvalue weighted by Crippen LogP contribution is -2.40. The molecule has 4 nitrogen and oxygen atoms in total. The van der Waals surface area contributed by atoms with E-state index in [4.69, 9.17) is 0 Å². The molecule has 0 amide bonds. The molecule has 0 aromatic heterocycles. The number of hydrogen-bond acceptors (Lipinski definition) is 3. The van der Waals surface area contributed by atoms with Gasteiger partial charge >= 0.3 is 6.18 Å². The van der Waals surface area contributed by atoms with Gasteiger partial charge in [0.2, 0.25) is 0 Å². The first-order chi connectivity index (χ1) is 11.2. The van der Waals surface area contributed by atoms with E-state index in [-0.39, 0.29) is 10.5 Å². The summed E-state index contributed by atoms with van der Waals surface area (Å²) in [5.74, 6) is 0. The number of allylic oxidation sites excluding steroid dienone is 1. The van der Waals surface area contributed by atoms with E-state index in [1.165, 1.54) is 24.3 Å². The predicted molar refractivity (Wildman–Crippen MR) is 85.1 cm³/mol. The van der Waals surface area contributed by atoms with Gasteiger partial charge in [-0.25, -0.2) is 8.42 Å². The van der Waals surface area contributed by atoms with Crippen LogP contribution in [0.4, 0.5) is 13.2 Å². The average Bonchev–Trinajstić information content (AvgIpc) is 2.52. The van der Waals surface area contributed by atoms with Crippen molar-refractivity contribution in [2.75, 3.05) is 0 Å². The normalized spacial score (nSPS) is 12.9. The molecule has 24 heavy (non-hydrogen) atoms. The van der Waals surface area contributed by atoms with Crippen molar-refractivity contribution in [3.8, 4) is 0 Å². The minimum Gasteiger partial charge on any atom is -0.304 e. The summed E-state index contributed by atoms with van der Waals surface area (Å²) in [6.45, 7) is 1.77. The summed E-state index contributed by atoms with van der Waals surface area (Å²) < 4.78 is 63.3. The molecule has 0 aliphatic heterocycles. The molecule has 0 heterocycles. The Labute approximate surface area is 138 Å². The number of sulfonamides is 1. The van der Waals surface area contributed by atoms with Gasteiger partial charge in [-0.05, 0) is 30.7 Å². The highest BCUT2D eigenvalue weighted by atomic mass is 32.2. The monoisotopic (exact) mass is 356 g/mol. The Kier molecular flexibility index (Phi) is 5.30. The summed E-state index contributed by atoms with van der Waals surface area (Å²) in [4.78, 5) is 1.62. The van der Waals surface area contributed by atoms with Gasteiger partial charge in [0, 0.05) is 0 Å². The molecule has 0 unspecified atom stereocenters. The highest BCUT2D eigenvalue weighted by molar-refractivity contribution is 7.89. The third-order valence-electron chi connectivity index (χ3n) is 3.07. The number of rotatable bonds is 5. The van der Waals surface area contributed by atoms with Crippen LogP contribution in [0.15, 0.2) is 65.2 Å². The molecule has 2 N–H and O–H groups in total. The zero-order valence-electron chi connectivity index (χ0n) is 12.6. The van der Waals surface area contributed by atoms with Crippen LogP contribution in [0, 0.1) is 6.92 Å². The van der Waals surface area contributed by atoms with Gasteiger partial charge in [0.25, 0.3) is 10.0 Å². The van der Waals surface area contributed by atoms with Gasteiger partial charge in [-0.2, -0.15) is 13.2 Å². The lowest BCUT2D eigenvalue weighted by Gasteiger charge is -2.15. The summed E-state index contributed by atoms with van der Waals surface area (Å²) in [7, 11) is -4.13. The first-order valence-corrected chi connectivity index (χ1v) is 8.35. The van der Waals surface area contributed by atoms with E-state index >= 15 is 0 Å². The molecule has 0 fully saturated rings. The molecule has 0 aliphatic carbocycles. The van der Waals surface area contributed by atoms with Crippen LogP contribution < -0.4 is 10.3 Å². The second kappa shape index (κ2) is 7.06. The van der Waals surface area contributed by atoms with Crippen molar-refractivity contribution >= 4 is 16.1 Å². The fourth-order valence-electron chi connectivity index (χ4n) is 1.80. The Morgan fingerprint density at radius 2 is 1.58 bits per heavy atom. The second-order valence-corrected chi connectivity index (χ2v) is 6.69. The molecule has 2 aromatic carbocycles. The Hall–Kier alpha value is -2.32. The van der Waals surface area contributed by atoms with Crippen LogP contribution in [0.1, 0.15) is 11.1 Å². The zero-order chi connectivity index (χ0) is 17.8. The van der Waals surface area contributed by atoms with Gasteiger partial charge < -0.3 is 5.43 Å². The van der Waals surface area contributed by atoms with Crippen molar-refractivity contribution in [1.29, 1.82) is 0 Å². The maximum absolute atomic E-state index is 13.1. The van der Waals surface area contributed by atoms with Gasteiger partial charge in [0.1, 0.15) is 5.70 Å². The highest BCUT2D eigenvalue weighted by Crippen LogP contribution is 2.25. The van der Waals surface area contributed by atoms with Gasteiger partial charge in [0.05, 0.1) is 4.90 Å². The minimum absolute atomic E-state index is 0.137. The average molecular weight is 356 g/mol. The number of halogens is 3. The van der Waals surface area contributed by atoms with E-state index in [0.29, 0.717) is 0 Å². The third kappa shape index (κ3) is 4.84. The highest BCUT2D eigenvalue weighted by Gasteiger charge is 2.34. The minimum atomic E-state index is -4.74. The quantitative estimate of drug-likeness (QED) is 0.808. The molecule has 0 saturated carbocycles. The van der Waals surface area contributed by atoms with E-state index in [0.717, 1.165) is 11.6 Å². The topological polar surface area (TPSA) is 58.2 Å². The maximum atomic E-state index is 13.1. The smallest absolute Gasteiger partial charge is 0.304 e. The molecule has 0 spiro atoms. The number of alkyl halides is 3. The molecule has 0 aliphatic rings. The summed E-state index contributed by atoms with van der Waals surface area (Å²) >= 11 is 0. The second-order valence-electron chi connectivity index (χ2n) is 5.01. The van der Waals surface area contributed by atoms with Crippen LogP contribution >= 0.6 is 0 Å². The molecule has 0 saturated heterocycles.